The molecule has 0 spiro atoms. The van der Waals surface area contributed by atoms with Crippen molar-refractivity contribution in [3.8, 4) is 0 Å². The predicted octanol–water partition coefficient (Wildman–Crippen LogP) is 2.78. The molecule has 31 heavy (non-hydrogen) atoms. The highest BCUT2D eigenvalue weighted by Crippen LogP contribution is 2.33. The number of carbonyl (C=O) groups is 1. The third-order valence-corrected chi connectivity index (χ3v) is 6.19. The van der Waals surface area contributed by atoms with Crippen LogP contribution in [0.4, 0.5) is 17.1 Å². The maximum atomic E-state index is 13.1. The van der Waals surface area contributed by atoms with Crippen LogP contribution in [0.5, 0.6) is 0 Å². The Hall–Kier alpha value is -3.13. The Morgan fingerprint density at radius 2 is 1.97 bits per heavy atom. The van der Waals surface area contributed by atoms with E-state index in [4.69, 9.17) is 0 Å². The number of rotatable bonds is 4. The monoisotopic (exact) mass is 420 g/mol. The first-order valence-electron chi connectivity index (χ1n) is 11.0. The summed E-state index contributed by atoms with van der Waals surface area (Å²) in [5.41, 5.74) is 4.01. The van der Waals surface area contributed by atoms with Crippen LogP contribution >= 0.6 is 0 Å². The zero-order chi connectivity index (χ0) is 21.4. The number of hydrogen-bond donors (Lipinski definition) is 2. The lowest BCUT2D eigenvalue weighted by Crippen LogP contribution is -2.30. The number of fused-ring (bicyclic) bond motifs is 1. The SMILES string of the molecule is Cn1cc2cc(NC(=O)c3cc(N4CCC(O)C4)ccn3)c(N3CCCCC3)cc2n1. The Kier molecular flexibility index (Phi) is 5.23. The van der Waals surface area contributed by atoms with Crippen molar-refractivity contribution in [1.82, 2.24) is 14.8 Å². The van der Waals surface area contributed by atoms with Gasteiger partial charge in [-0.2, -0.15) is 5.10 Å². The van der Waals surface area contributed by atoms with Gasteiger partial charge in [0.2, 0.25) is 0 Å². The zero-order valence-electron chi connectivity index (χ0n) is 17.8. The number of piperidine rings is 1. The second kappa shape index (κ2) is 8.19. The van der Waals surface area contributed by atoms with Gasteiger partial charge in [-0.1, -0.05) is 0 Å². The second-order valence-electron chi connectivity index (χ2n) is 8.52. The van der Waals surface area contributed by atoms with Gasteiger partial charge in [-0.25, -0.2) is 0 Å². The average Bonchev–Trinajstić information content (AvgIpc) is 3.38. The van der Waals surface area contributed by atoms with Gasteiger partial charge >= 0.3 is 0 Å². The highest BCUT2D eigenvalue weighted by Gasteiger charge is 2.22. The van der Waals surface area contributed by atoms with Gasteiger partial charge in [-0.3, -0.25) is 14.5 Å². The molecule has 8 heteroatoms. The molecule has 0 aliphatic carbocycles. The Labute approximate surface area is 181 Å². The van der Waals surface area contributed by atoms with Crippen LogP contribution in [0.15, 0.2) is 36.7 Å². The van der Waals surface area contributed by atoms with E-state index in [1.807, 2.05) is 25.4 Å². The third-order valence-electron chi connectivity index (χ3n) is 6.19. The molecule has 162 valence electrons. The Balaban J connectivity index is 1.44. The number of amides is 1. The Bertz CT molecular complexity index is 1100. The zero-order valence-corrected chi connectivity index (χ0v) is 17.8. The molecule has 5 rings (SSSR count). The molecule has 2 aliphatic heterocycles. The lowest BCUT2D eigenvalue weighted by molar-refractivity contribution is 0.102. The fraction of sp³-hybridized carbons (Fsp3) is 0.435. The van der Waals surface area contributed by atoms with Crippen LogP contribution in [0.3, 0.4) is 0 Å². The smallest absolute Gasteiger partial charge is 0.274 e. The molecule has 4 heterocycles. The molecule has 0 saturated carbocycles. The minimum atomic E-state index is -0.316. The largest absolute Gasteiger partial charge is 0.391 e. The number of nitrogens with zero attached hydrogens (tertiary/aromatic N) is 5. The number of aliphatic hydroxyl groups excluding tert-OH is 1. The molecule has 2 saturated heterocycles. The van der Waals surface area contributed by atoms with Crippen LogP contribution in [0.1, 0.15) is 36.2 Å². The van der Waals surface area contributed by atoms with Gasteiger partial charge < -0.3 is 20.2 Å². The fourth-order valence-electron chi connectivity index (χ4n) is 4.58. The van der Waals surface area contributed by atoms with E-state index in [1.54, 1.807) is 16.9 Å². The quantitative estimate of drug-likeness (QED) is 0.675. The van der Waals surface area contributed by atoms with Crippen LogP contribution < -0.4 is 15.1 Å². The van der Waals surface area contributed by atoms with Crippen LogP contribution in [-0.2, 0) is 7.05 Å². The summed E-state index contributed by atoms with van der Waals surface area (Å²) in [5.74, 6) is -0.233. The fourth-order valence-corrected chi connectivity index (χ4v) is 4.58. The van der Waals surface area contributed by atoms with Crippen molar-refractivity contribution in [2.24, 2.45) is 7.05 Å². The Morgan fingerprint density at radius 1 is 1.13 bits per heavy atom. The third kappa shape index (κ3) is 4.07. The van der Waals surface area contributed by atoms with E-state index in [-0.39, 0.29) is 12.0 Å². The van der Waals surface area contributed by atoms with Crippen LogP contribution in [-0.4, -0.2) is 58.1 Å². The lowest BCUT2D eigenvalue weighted by Gasteiger charge is -2.30. The molecular formula is C23H28N6O2. The van der Waals surface area contributed by atoms with Crippen molar-refractivity contribution in [1.29, 1.82) is 0 Å². The van der Waals surface area contributed by atoms with E-state index in [9.17, 15) is 9.90 Å². The molecule has 2 aromatic heterocycles. The molecule has 3 aromatic rings. The number of aryl methyl sites for hydroxylation is 1. The summed E-state index contributed by atoms with van der Waals surface area (Å²) in [5, 5.41) is 18.5. The molecule has 2 fully saturated rings. The van der Waals surface area contributed by atoms with Gasteiger partial charge in [0.25, 0.3) is 5.91 Å². The first-order valence-corrected chi connectivity index (χ1v) is 11.0. The topological polar surface area (TPSA) is 86.5 Å². The number of aromatic nitrogens is 3. The first kappa shape index (κ1) is 19.8. The molecule has 2 aliphatic rings. The van der Waals surface area contributed by atoms with Crippen molar-refractivity contribution >= 4 is 33.9 Å². The van der Waals surface area contributed by atoms with Gasteiger partial charge in [0.05, 0.1) is 23.0 Å². The predicted molar refractivity (Wildman–Crippen MR) is 122 cm³/mol. The summed E-state index contributed by atoms with van der Waals surface area (Å²) in [6.45, 7) is 3.32. The number of β-amino-alcohol motifs (C(OH)–C–C–N with tert-alkyl or cyclic N) is 1. The highest BCUT2D eigenvalue weighted by atomic mass is 16.3. The molecule has 0 radical (unpaired) electrons. The summed E-state index contributed by atoms with van der Waals surface area (Å²) in [6, 6.07) is 7.77. The molecule has 0 bridgehead atoms. The van der Waals surface area contributed by atoms with Crippen LogP contribution in [0.25, 0.3) is 10.9 Å². The van der Waals surface area contributed by atoms with Crippen molar-refractivity contribution in [2.75, 3.05) is 41.3 Å². The molecule has 1 unspecified atom stereocenters. The van der Waals surface area contributed by atoms with Crippen LogP contribution in [0, 0.1) is 0 Å². The van der Waals surface area contributed by atoms with Crippen LogP contribution in [0.2, 0.25) is 0 Å². The lowest BCUT2D eigenvalue weighted by atomic mass is 10.1. The number of aliphatic hydroxyl groups is 1. The molecular weight excluding hydrogens is 392 g/mol. The minimum absolute atomic E-state index is 0.233. The van der Waals surface area contributed by atoms with Gasteiger partial charge in [0, 0.05) is 56.7 Å². The molecule has 1 aromatic carbocycles. The van der Waals surface area contributed by atoms with E-state index in [1.165, 1.54) is 6.42 Å². The standard InChI is InChI=1S/C23H28N6O2/c1-27-14-16-11-20(22(13-19(16)26-27)28-8-3-2-4-9-28)25-23(31)21-12-17(5-7-24-21)29-10-6-18(30)15-29/h5,7,11-14,18,30H,2-4,6,8-10,15H2,1H3,(H,25,31). The summed E-state index contributed by atoms with van der Waals surface area (Å²) in [6.07, 6.45) is 7.59. The van der Waals surface area contributed by atoms with Gasteiger partial charge in [-0.15, -0.1) is 0 Å². The Morgan fingerprint density at radius 3 is 2.74 bits per heavy atom. The maximum Gasteiger partial charge on any atom is 0.274 e. The molecule has 1 atom stereocenters. The van der Waals surface area contributed by atoms with Gasteiger partial charge in [0.15, 0.2) is 0 Å². The van der Waals surface area contributed by atoms with Crippen molar-refractivity contribution in [3.05, 3.63) is 42.4 Å². The normalized spacial score (nSPS) is 19.2. The van der Waals surface area contributed by atoms with Crippen molar-refractivity contribution in [3.63, 3.8) is 0 Å². The van der Waals surface area contributed by atoms with Crippen molar-refractivity contribution < 1.29 is 9.90 Å². The average molecular weight is 421 g/mol. The van der Waals surface area contributed by atoms with E-state index in [2.05, 4.69) is 31.3 Å². The highest BCUT2D eigenvalue weighted by molar-refractivity contribution is 6.06. The summed E-state index contributed by atoms with van der Waals surface area (Å²) in [4.78, 5) is 21.9. The maximum absolute atomic E-state index is 13.1. The first-order chi connectivity index (χ1) is 15.1. The second-order valence-corrected chi connectivity index (χ2v) is 8.52. The van der Waals surface area contributed by atoms with E-state index < -0.39 is 0 Å². The number of anilines is 3. The number of pyridine rings is 1. The van der Waals surface area contributed by atoms with E-state index in [0.29, 0.717) is 12.2 Å². The van der Waals surface area contributed by atoms with Gasteiger partial charge in [0.1, 0.15) is 5.69 Å². The number of benzene rings is 1. The van der Waals surface area contributed by atoms with Gasteiger partial charge in [-0.05, 0) is 49.9 Å². The summed E-state index contributed by atoms with van der Waals surface area (Å²) >= 11 is 0. The van der Waals surface area contributed by atoms with E-state index >= 15 is 0 Å². The molecule has 1 amide bonds. The molecule has 8 nitrogen and oxygen atoms in total. The summed E-state index contributed by atoms with van der Waals surface area (Å²) in [7, 11) is 1.91. The minimum Gasteiger partial charge on any atom is -0.391 e. The molecule has 2 N–H and O–H groups in total. The number of hydrogen-bond acceptors (Lipinski definition) is 6. The van der Waals surface area contributed by atoms with E-state index in [0.717, 1.165) is 66.9 Å². The number of nitrogens with one attached hydrogen (secondary N) is 1. The number of carbonyl (C=O) groups excluding carboxylic acids is 1. The van der Waals surface area contributed by atoms with Crippen molar-refractivity contribution in [2.45, 2.75) is 31.8 Å². The summed E-state index contributed by atoms with van der Waals surface area (Å²) < 4.78 is 1.80.